The highest BCUT2D eigenvalue weighted by molar-refractivity contribution is 7.80. The van der Waals surface area contributed by atoms with Gasteiger partial charge in [-0.05, 0) is 24.8 Å². The lowest BCUT2D eigenvalue weighted by Crippen LogP contribution is -2.44. The molecular weight excluding hydrogens is 286 g/mol. The van der Waals surface area contributed by atoms with Crippen molar-refractivity contribution in [3.8, 4) is 11.5 Å². The number of nitrogens with zero attached hydrogens (tertiary/aromatic N) is 2. The van der Waals surface area contributed by atoms with E-state index in [1.165, 1.54) is 0 Å². The van der Waals surface area contributed by atoms with Gasteiger partial charge in [0.25, 0.3) is 0 Å². The Bertz CT molecular complexity index is 588. The molecule has 2 aliphatic heterocycles. The van der Waals surface area contributed by atoms with Gasteiger partial charge in [-0.3, -0.25) is 0 Å². The number of methoxy groups -OCH3 is 1. The molecule has 21 heavy (non-hydrogen) atoms. The van der Waals surface area contributed by atoms with Crippen LogP contribution in [-0.2, 0) is 6.42 Å². The molecule has 1 atom stereocenters. The Morgan fingerprint density at radius 3 is 3.14 bits per heavy atom. The summed E-state index contributed by atoms with van der Waals surface area (Å²) in [4.78, 5) is 2.07. The van der Waals surface area contributed by atoms with Gasteiger partial charge in [0, 0.05) is 30.3 Å². The fourth-order valence-corrected chi connectivity index (χ4v) is 3.12. The number of rotatable bonds is 4. The molecule has 0 aromatic heterocycles. The molecule has 1 aromatic carbocycles. The molecule has 5 nitrogen and oxygen atoms in total. The maximum absolute atomic E-state index is 5.92. The van der Waals surface area contributed by atoms with E-state index in [4.69, 9.17) is 27.4 Å². The fraction of sp³-hybridized carbons (Fsp3) is 0.400. The van der Waals surface area contributed by atoms with Crippen LogP contribution in [0, 0.1) is 0 Å². The van der Waals surface area contributed by atoms with Crippen molar-refractivity contribution >= 4 is 17.3 Å². The Balaban J connectivity index is 1.83. The lowest BCUT2D eigenvalue weighted by molar-refractivity contribution is 0.189. The molecule has 0 unspecified atom stereocenters. The maximum Gasteiger partial charge on any atom is 0.200 e. The smallest absolute Gasteiger partial charge is 0.200 e. The van der Waals surface area contributed by atoms with Crippen LogP contribution in [0.5, 0.6) is 11.5 Å². The quantitative estimate of drug-likeness (QED) is 0.852. The summed E-state index contributed by atoms with van der Waals surface area (Å²) in [6, 6.07) is 6.11. The first kappa shape index (κ1) is 14.2. The first-order valence-electron chi connectivity index (χ1n) is 6.96. The van der Waals surface area contributed by atoms with Gasteiger partial charge in [0.2, 0.25) is 0 Å². The highest BCUT2D eigenvalue weighted by Gasteiger charge is 2.33. The zero-order chi connectivity index (χ0) is 14.8. The summed E-state index contributed by atoms with van der Waals surface area (Å²) in [5.74, 6) is 1.61. The predicted molar refractivity (Wildman–Crippen MR) is 84.3 cm³/mol. The van der Waals surface area contributed by atoms with Crippen LogP contribution in [0.25, 0.3) is 0 Å². The summed E-state index contributed by atoms with van der Waals surface area (Å²) in [6.45, 7) is 1.14. The lowest BCUT2D eigenvalue weighted by Gasteiger charge is -2.34. The summed E-state index contributed by atoms with van der Waals surface area (Å²) in [7, 11) is 1.65. The first-order valence-corrected chi connectivity index (χ1v) is 7.37. The van der Waals surface area contributed by atoms with Gasteiger partial charge in [-0.15, -0.1) is 0 Å². The van der Waals surface area contributed by atoms with Gasteiger partial charge in [-0.1, -0.05) is 12.1 Å². The zero-order valence-corrected chi connectivity index (χ0v) is 12.7. The Hall–Kier alpha value is -1.79. The van der Waals surface area contributed by atoms with Crippen LogP contribution in [0.4, 0.5) is 0 Å². The van der Waals surface area contributed by atoms with Gasteiger partial charge in [0.1, 0.15) is 6.61 Å². The van der Waals surface area contributed by atoms with Crippen LogP contribution in [-0.4, -0.2) is 36.3 Å². The molecule has 0 fully saturated rings. The van der Waals surface area contributed by atoms with Crippen molar-refractivity contribution in [1.82, 2.24) is 10.2 Å². The van der Waals surface area contributed by atoms with Gasteiger partial charge in [-0.2, -0.15) is 0 Å². The number of hydrogen-bond acceptors (Lipinski definition) is 4. The minimum Gasteiger partial charge on any atom is -0.493 e. The van der Waals surface area contributed by atoms with Crippen molar-refractivity contribution in [2.45, 2.75) is 18.9 Å². The summed E-state index contributed by atoms with van der Waals surface area (Å²) in [5.41, 5.74) is 7.86. The van der Waals surface area contributed by atoms with E-state index < -0.39 is 0 Å². The van der Waals surface area contributed by atoms with Crippen molar-refractivity contribution in [1.29, 1.82) is 0 Å². The van der Waals surface area contributed by atoms with Crippen LogP contribution in [0.15, 0.2) is 30.1 Å². The van der Waals surface area contributed by atoms with Crippen molar-refractivity contribution < 1.29 is 9.47 Å². The van der Waals surface area contributed by atoms with Crippen molar-refractivity contribution in [3.63, 3.8) is 0 Å². The Morgan fingerprint density at radius 1 is 1.52 bits per heavy atom. The van der Waals surface area contributed by atoms with Crippen LogP contribution >= 0.6 is 12.2 Å². The molecule has 0 aliphatic carbocycles. The van der Waals surface area contributed by atoms with E-state index in [2.05, 4.69) is 16.3 Å². The summed E-state index contributed by atoms with van der Waals surface area (Å²) >= 11 is 5.35. The lowest BCUT2D eigenvalue weighted by atomic mass is 10.0. The van der Waals surface area contributed by atoms with E-state index in [-0.39, 0.29) is 6.04 Å². The molecule has 0 saturated carbocycles. The van der Waals surface area contributed by atoms with Crippen LogP contribution in [0.3, 0.4) is 0 Å². The molecule has 1 aromatic rings. The molecule has 6 heteroatoms. The number of benzene rings is 1. The summed E-state index contributed by atoms with van der Waals surface area (Å²) < 4.78 is 11.3. The second-order valence-corrected chi connectivity index (χ2v) is 5.42. The van der Waals surface area contributed by atoms with E-state index in [9.17, 15) is 0 Å². The summed E-state index contributed by atoms with van der Waals surface area (Å²) in [5, 5.41) is 4.84. The van der Waals surface area contributed by atoms with E-state index in [0.717, 1.165) is 35.6 Å². The Labute approximate surface area is 129 Å². The molecule has 0 bridgehead atoms. The fourth-order valence-electron chi connectivity index (χ4n) is 2.81. The molecule has 2 N–H and O–H groups in total. The Morgan fingerprint density at radius 2 is 2.38 bits per heavy atom. The third kappa shape index (κ3) is 2.56. The number of ether oxygens (including phenoxy) is 2. The van der Waals surface area contributed by atoms with E-state index >= 15 is 0 Å². The molecule has 0 saturated heterocycles. The summed E-state index contributed by atoms with van der Waals surface area (Å²) in [6.07, 6.45) is 3.44. The average molecular weight is 304 g/mol. The van der Waals surface area contributed by atoms with Gasteiger partial charge < -0.3 is 20.1 Å². The van der Waals surface area contributed by atoms with E-state index in [1.807, 2.05) is 18.3 Å². The minimum atomic E-state index is 0.154. The van der Waals surface area contributed by atoms with Gasteiger partial charge >= 0.3 is 0 Å². The van der Waals surface area contributed by atoms with E-state index in [0.29, 0.717) is 18.3 Å². The van der Waals surface area contributed by atoms with Crippen LogP contribution in [0.2, 0.25) is 0 Å². The molecule has 1 radical (unpaired) electrons. The van der Waals surface area contributed by atoms with Gasteiger partial charge in [-0.25, -0.2) is 5.32 Å². The van der Waals surface area contributed by atoms with Crippen molar-refractivity contribution in [2.75, 3.05) is 20.3 Å². The van der Waals surface area contributed by atoms with Crippen LogP contribution < -0.4 is 20.5 Å². The molecule has 3 rings (SSSR count). The first-order chi connectivity index (χ1) is 10.2. The highest BCUT2D eigenvalue weighted by Crippen LogP contribution is 2.36. The number of para-hydroxylation sites is 1. The largest absolute Gasteiger partial charge is 0.493 e. The topological polar surface area (TPSA) is 61.8 Å². The maximum atomic E-state index is 5.92. The number of fused-ring (bicyclic) bond motifs is 1. The zero-order valence-electron chi connectivity index (χ0n) is 11.9. The molecule has 111 valence electrons. The monoisotopic (exact) mass is 304 g/mol. The third-order valence-corrected chi connectivity index (χ3v) is 4.06. The Kier molecular flexibility index (Phi) is 3.98. The number of hydrogen-bond donors (Lipinski definition) is 1. The van der Waals surface area contributed by atoms with Crippen LogP contribution in [0.1, 0.15) is 12.0 Å². The third-order valence-electron chi connectivity index (χ3n) is 3.76. The highest BCUT2D eigenvalue weighted by atomic mass is 32.1. The second kappa shape index (κ2) is 5.91. The number of nitrogens with two attached hydrogens (primary N) is 1. The van der Waals surface area contributed by atoms with E-state index in [1.54, 1.807) is 7.11 Å². The van der Waals surface area contributed by atoms with Gasteiger partial charge in [0.05, 0.1) is 13.2 Å². The van der Waals surface area contributed by atoms with Crippen molar-refractivity contribution in [3.05, 3.63) is 35.7 Å². The average Bonchev–Trinajstić information content (AvgIpc) is 2.87. The standard InChI is InChI=1S/C15H18N3O2S/c1-19-13-4-2-3-10-7-12(9-20-14(10)13)18-11(5-6-16)8-17-15(18)21/h2-4,8,12H,5-7,9,16H2,1H3/t12-/m1/s1. The minimum absolute atomic E-state index is 0.154. The molecule has 0 spiro atoms. The molecule has 0 amide bonds. The normalized spacial score (nSPS) is 20.5. The number of thiocarbonyl (C=S) groups is 1. The molecular formula is C15H18N3O2S. The molecule has 2 heterocycles. The SMILES string of the molecule is COc1cccc2c1OC[C@H](N1C(=S)[N]C=C1CCN)C2. The second-order valence-electron chi connectivity index (χ2n) is 5.06. The molecule has 2 aliphatic rings. The van der Waals surface area contributed by atoms with Crippen molar-refractivity contribution in [2.24, 2.45) is 5.73 Å². The predicted octanol–water partition coefficient (Wildman–Crippen LogP) is 1.39. The van der Waals surface area contributed by atoms with Gasteiger partial charge in [0.15, 0.2) is 16.6 Å².